The molecule has 0 aliphatic carbocycles. The Morgan fingerprint density at radius 3 is 1.19 bits per heavy atom. The second-order valence-corrected chi connectivity index (χ2v) is 10.6. The van der Waals surface area contributed by atoms with Crippen LogP contribution in [0.4, 0.5) is 0 Å². The minimum absolute atomic E-state index is 0.116. The summed E-state index contributed by atoms with van der Waals surface area (Å²) in [7, 11) is -9.46. The Bertz CT molecular complexity index is 1120. The van der Waals surface area contributed by atoms with E-state index < -0.39 is 31.0 Å². The second-order valence-electron chi connectivity index (χ2n) is 7.48. The highest BCUT2D eigenvalue weighted by Gasteiger charge is 2.40. The fourth-order valence-electron chi connectivity index (χ4n) is 3.60. The topological polar surface area (TPSA) is 112 Å². The molecule has 0 saturated carbocycles. The highest BCUT2D eigenvalue weighted by molar-refractivity contribution is 7.87. The van der Waals surface area contributed by atoms with E-state index in [1.165, 1.54) is 0 Å². The van der Waals surface area contributed by atoms with Crippen molar-refractivity contribution in [3.63, 3.8) is 0 Å². The second kappa shape index (κ2) is 10.4. The molecule has 170 valence electrons. The zero-order chi connectivity index (χ0) is 23.2. The summed E-state index contributed by atoms with van der Waals surface area (Å²) in [5.41, 5.74) is 1.83. The van der Waals surface area contributed by atoms with Gasteiger partial charge in [-0.2, -0.15) is 16.8 Å². The van der Waals surface area contributed by atoms with E-state index in [2.05, 4.69) is 0 Å². The predicted octanol–water partition coefficient (Wildman–Crippen LogP) is 3.40. The SMILES string of the molecule is O=S(=O)(O)C(Cc1ccccc1)N(Cc1ccccc1)C(Cc1ccccc1)S(=O)(=O)O. The maximum atomic E-state index is 12.5. The van der Waals surface area contributed by atoms with Gasteiger partial charge in [0.15, 0.2) is 0 Å². The van der Waals surface area contributed by atoms with Crippen LogP contribution in [-0.2, 0) is 39.6 Å². The third-order valence-electron chi connectivity index (χ3n) is 5.14. The van der Waals surface area contributed by atoms with Gasteiger partial charge in [-0.15, -0.1) is 0 Å². The smallest absolute Gasteiger partial charge is 0.281 e. The molecular weight excluding hydrogens is 450 g/mol. The van der Waals surface area contributed by atoms with Crippen molar-refractivity contribution in [1.82, 2.24) is 4.90 Å². The van der Waals surface area contributed by atoms with Gasteiger partial charge in [0.05, 0.1) is 0 Å². The molecular formula is C23H25NO6S2. The summed E-state index contributed by atoms with van der Waals surface area (Å²) in [6.45, 7) is -0.116. The van der Waals surface area contributed by atoms with Crippen LogP contribution in [0, 0.1) is 0 Å². The Morgan fingerprint density at radius 2 is 0.875 bits per heavy atom. The van der Waals surface area contributed by atoms with Crippen LogP contribution in [-0.4, -0.2) is 41.6 Å². The number of rotatable bonds is 10. The summed E-state index contributed by atoms with van der Waals surface area (Å²) in [5, 5.41) is -3.19. The average molecular weight is 476 g/mol. The molecule has 0 heterocycles. The van der Waals surface area contributed by atoms with Gasteiger partial charge in [0.2, 0.25) is 0 Å². The van der Waals surface area contributed by atoms with Gasteiger partial charge < -0.3 is 0 Å². The molecule has 0 aliphatic rings. The summed E-state index contributed by atoms with van der Waals surface area (Å²) >= 11 is 0. The molecule has 2 unspecified atom stereocenters. The van der Waals surface area contributed by atoms with Gasteiger partial charge >= 0.3 is 0 Å². The largest absolute Gasteiger partial charge is 0.284 e. The molecule has 0 bridgehead atoms. The molecule has 3 aromatic rings. The molecule has 2 atom stereocenters. The lowest BCUT2D eigenvalue weighted by molar-refractivity contribution is 0.194. The number of benzene rings is 3. The van der Waals surface area contributed by atoms with Gasteiger partial charge in [0.1, 0.15) is 10.7 Å². The van der Waals surface area contributed by atoms with E-state index in [4.69, 9.17) is 0 Å². The number of hydrogen-bond acceptors (Lipinski definition) is 5. The lowest BCUT2D eigenvalue weighted by atomic mass is 10.1. The Balaban J connectivity index is 2.10. The van der Waals surface area contributed by atoms with Crippen molar-refractivity contribution in [2.75, 3.05) is 0 Å². The Labute approximate surface area is 188 Å². The first-order valence-corrected chi connectivity index (χ1v) is 13.0. The number of hydrogen-bond donors (Lipinski definition) is 2. The Hall–Kier alpha value is -2.56. The molecule has 7 nitrogen and oxygen atoms in total. The van der Waals surface area contributed by atoms with Crippen LogP contribution in [0.3, 0.4) is 0 Å². The molecule has 0 aromatic heterocycles. The zero-order valence-corrected chi connectivity index (χ0v) is 18.9. The first kappa shape index (κ1) is 24.1. The van der Waals surface area contributed by atoms with Crippen molar-refractivity contribution in [3.05, 3.63) is 108 Å². The Morgan fingerprint density at radius 1 is 0.562 bits per heavy atom. The van der Waals surface area contributed by atoms with Crippen molar-refractivity contribution in [1.29, 1.82) is 0 Å². The molecule has 0 spiro atoms. The van der Waals surface area contributed by atoms with Crippen molar-refractivity contribution >= 4 is 20.2 Å². The van der Waals surface area contributed by atoms with Crippen molar-refractivity contribution < 1.29 is 25.9 Å². The lowest BCUT2D eigenvalue weighted by Crippen LogP contribution is -2.51. The molecule has 0 radical (unpaired) electrons. The zero-order valence-electron chi connectivity index (χ0n) is 17.2. The molecule has 0 amide bonds. The monoisotopic (exact) mass is 475 g/mol. The van der Waals surface area contributed by atoms with E-state index in [1.54, 1.807) is 91.0 Å². The van der Waals surface area contributed by atoms with Gasteiger partial charge in [0.25, 0.3) is 20.2 Å². The van der Waals surface area contributed by atoms with E-state index in [1.807, 2.05) is 0 Å². The van der Waals surface area contributed by atoms with Crippen molar-refractivity contribution in [2.45, 2.75) is 30.1 Å². The van der Waals surface area contributed by atoms with Crippen LogP contribution >= 0.6 is 0 Å². The first-order chi connectivity index (χ1) is 15.1. The average Bonchev–Trinajstić information content (AvgIpc) is 2.75. The van der Waals surface area contributed by atoms with Crippen LogP contribution in [0.15, 0.2) is 91.0 Å². The minimum atomic E-state index is -4.73. The molecule has 3 aromatic carbocycles. The third kappa shape index (κ3) is 6.72. The highest BCUT2D eigenvalue weighted by atomic mass is 32.2. The summed E-state index contributed by atoms with van der Waals surface area (Å²) in [6, 6.07) is 25.9. The van der Waals surface area contributed by atoms with E-state index in [0.717, 1.165) is 4.90 Å². The van der Waals surface area contributed by atoms with E-state index >= 15 is 0 Å². The van der Waals surface area contributed by atoms with Gasteiger partial charge in [-0.25, -0.2) is 0 Å². The minimum Gasteiger partial charge on any atom is -0.284 e. The van der Waals surface area contributed by atoms with Crippen LogP contribution in [0.25, 0.3) is 0 Å². The highest BCUT2D eigenvalue weighted by Crippen LogP contribution is 2.25. The van der Waals surface area contributed by atoms with Crippen LogP contribution < -0.4 is 0 Å². The molecule has 2 N–H and O–H groups in total. The van der Waals surface area contributed by atoms with Gasteiger partial charge in [-0.3, -0.25) is 14.0 Å². The molecule has 0 aliphatic heterocycles. The molecule has 3 rings (SSSR count). The van der Waals surface area contributed by atoms with E-state index in [-0.39, 0.29) is 19.4 Å². The van der Waals surface area contributed by atoms with Gasteiger partial charge in [-0.1, -0.05) is 91.0 Å². The third-order valence-corrected chi connectivity index (χ3v) is 7.39. The summed E-state index contributed by atoms with van der Waals surface area (Å²) in [4.78, 5) is 1.14. The standard InChI is InChI=1S/C23H25NO6S2/c25-31(26,27)22(16-19-10-4-1-5-11-19)24(18-21-14-8-3-9-15-21)23(32(28,29)30)17-20-12-6-2-7-13-20/h1-15,22-23H,16-18H2,(H,25,26,27)(H,28,29,30). The first-order valence-electron chi connectivity index (χ1n) is 9.95. The van der Waals surface area contributed by atoms with Crippen molar-refractivity contribution in [2.24, 2.45) is 0 Å². The maximum Gasteiger partial charge on any atom is 0.281 e. The maximum absolute atomic E-state index is 12.5. The molecule has 32 heavy (non-hydrogen) atoms. The molecule has 0 saturated heterocycles. The fraction of sp³-hybridized carbons (Fsp3) is 0.217. The normalized spacial score (nSPS) is 14.2. The summed E-state index contributed by atoms with van der Waals surface area (Å²) in [5.74, 6) is 0. The number of nitrogens with zero attached hydrogens (tertiary/aromatic N) is 1. The fourth-order valence-corrected chi connectivity index (χ4v) is 5.61. The van der Waals surface area contributed by atoms with E-state index in [0.29, 0.717) is 16.7 Å². The van der Waals surface area contributed by atoms with Crippen LogP contribution in [0.2, 0.25) is 0 Å². The van der Waals surface area contributed by atoms with Crippen LogP contribution in [0.5, 0.6) is 0 Å². The Kier molecular flexibility index (Phi) is 7.81. The van der Waals surface area contributed by atoms with E-state index in [9.17, 15) is 25.9 Å². The summed E-state index contributed by atoms with van der Waals surface area (Å²) in [6.07, 6.45) is -0.319. The predicted molar refractivity (Wildman–Crippen MR) is 123 cm³/mol. The quantitative estimate of drug-likeness (QED) is 0.432. The van der Waals surface area contributed by atoms with Crippen molar-refractivity contribution in [3.8, 4) is 0 Å². The van der Waals surface area contributed by atoms with Crippen LogP contribution in [0.1, 0.15) is 16.7 Å². The molecule has 0 fully saturated rings. The van der Waals surface area contributed by atoms with Gasteiger partial charge in [-0.05, 0) is 16.7 Å². The lowest BCUT2D eigenvalue weighted by Gasteiger charge is -2.35. The summed E-state index contributed by atoms with van der Waals surface area (Å²) < 4.78 is 70.2. The van der Waals surface area contributed by atoms with Gasteiger partial charge in [0, 0.05) is 19.4 Å². The molecule has 9 heteroatoms.